The molecule has 3 atom stereocenters. The molecule has 2 aliphatic heterocycles. The van der Waals surface area contributed by atoms with Crippen LogP contribution in [-0.4, -0.2) is 37.0 Å². The lowest BCUT2D eigenvalue weighted by atomic mass is 9.83. The number of aliphatic hydroxyl groups is 1. The molecule has 2 N–H and O–H groups in total. The van der Waals surface area contributed by atoms with E-state index >= 15 is 0 Å². The summed E-state index contributed by atoms with van der Waals surface area (Å²) in [5.74, 6) is 5.42. The number of anilines is 1. The third-order valence-electron chi connectivity index (χ3n) is 6.39. The summed E-state index contributed by atoms with van der Waals surface area (Å²) in [6.07, 6.45) is 0.638. The first-order valence-corrected chi connectivity index (χ1v) is 12.3. The van der Waals surface area contributed by atoms with Crippen LogP contribution in [-0.2, 0) is 10.0 Å². The Hall–Kier alpha value is -3.18. The monoisotopic (exact) mass is 462 g/mol. The van der Waals surface area contributed by atoms with Gasteiger partial charge in [0.05, 0.1) is 29.1 Å². The van der Waals surface area contributed by atoms with E-state index in [1.54, 1.807) is 52.8 Å². The molecule has 2 aliphatic rings. The van der Waals surface area contributed by atoms with Crippen molar-refractivity contribution in [3.8, 4) is 11.8 Å². The molecule has 0 amide bonds. The topological polar surface area (TPSA) is 69.6 Å². The number of hydrogen-bond donors (Lipinski definition) is 2. The average Bonchev–Trinajstić information content (AvgIpc) is 3.30. The van der Waals surface area contributed by atoms with Crippen LogP contribution in [0.1, 0.15) is 29.2 Å². The Kier molecular flexibility index (Phi) is 5.67. The summed E-state index contributed by atoms with van der Waals surface area (Å²) < 4.78 is 42.5. The summed E-state index contributed by atoms with van der Waals surface area (Å²) in [6, 6.07) is 19.6. The zero-order valence-electron chi connectivity index (χ0n) is 17.8. The number of fused-ring (bicyclic) bond motifs is 3. The fourth-order valence-electron chi connectivity index (χ4n) is 4.80. The molecule has 168 valence electrons. The van der Waals surface area contributed by atoms with Crippen LogP contribution in [0.2, 0.25) is 0 Å². The second kappa shape index (κ2) is 8.64. The summed E-state index contributed by atoms with van der Waals surface area (Å²) in [5, 5.41) is 13.3. The fraction of sp³-hybridized carbons (Fsp3) is 0.231. The third-order valence-corrected chi connectivity index (χ3v) is 8.28. The molecule has 0 unspecified atom stereocenters. The first-order valence-electron chi connectivity index (χ1n) is 10.8. The maximum atomic E-state index is 14.0. The average molecular weight is 463 g/mol. The van der Waals surface area contributed by atoms with Crippen molar-refractivity contribution >= 4 is 15.7 Å². The van der Waals surface area contributed by atoms with Gasteiger partial charge in [0.15, 0.2) is 0 Å². The van der Waals surface area contributed by atoms with E-state index in [0.29, 0.717) is 24.1 Å². The molecule has 2 heterocycles. The normalized spacial score (nSPS) is 21.9. The fourth-order valence-corrected chi connectivity index (χ4v) is 6.48. The van der Waals surface area contributed by atoms with Gasteiger partial charge in [-0.3, -0.25) is 0 Å². The van der Waals surface area contributed by atoms with Crippen LogP contribution < -0.4 is 5.32 Å². The molecule has 0 aromatic heterocycles. The Balaban J connectivity index is 1.57. The van der Waals surface area contributed by atoms with Crippen LogP contribution in [0.3, 0.4) is 0 Å². The number of nitrogens with zero attached hydrogens (tertiary/aromatic N) is 1. The van der Waals surface area contributed by atoms with Crippen LogP contribution in [0.5, 0.6) is 0 Å². The summed E-state index contributed by atoms with van der Waals surface area (Å²) >= 11 is 0. The molecule has 5 nitrogen and oxygen atoms in total. The third kappa shape index (κ3) is 3.91. The Labute approximate surface area is 192 Å². The molecule has 33 heavy (non-hydrogen) atoms. The maximum absolute atomic E-state index is 14.0. The van der Waals surface area contributed by atoms with E-state index in [9.17, 15) is 17.9 Å². The highest BCUT2D eigenvalue weighted by molar-refractivity contribution is 7.89. The molecule has 0 spiro atoms. The van der Waals surface area contributed by atoms with Gasteiger partial charge in [-0.2, -0.15) is 4.31 Å². The lowest BCUT2D eigenvalue weighted by Gasteiger charge is -2.38. The second-order valence-corrected chi connectivity index (χ2v) is 10.2. The van der Waals surface area contributed by atoms with Gasteiger partial charge in [-0.05, 0) is 54.4 Å². The quantitative estimate of drug-likeness (QED) is 0.582. The molecular weight excluding hydrogens is 439 g/mol. The Morgan fingerprint density at radius 2 is 1.79 bits per heavy atom. The first kappa shape index (κ1) is 21.7. The number of halogens is 1. The lowest BCUT2D eigenvalue weighted by molar-refractivity contribution is 0.210. The highest BCUT2D eigenvalue weighted by Gasteiger charge is 2.48. The van der Waals surface area contributed by atoms with Gasteiger partial charge in [0.2, 0.25) is 10.0 Å². The minimum Gasteiger partial charge on any atom is -0.394 e. The second-order valence-electron chi connectivity index (χ2n) is 8.29. The van der Waals surface area contributed by atoms with Crippen molar-refractivity contribution in [3.05, 3.63) is 95.3 Å². The summed E-state index contributed by atoms with van der Waals surface area (Å²) in [6.45, 7) is 0.282. The maximum Gasteiger partial charge on any atom is 0.243 e. The highest BCUT2D eigenvalue weighted by atomic mass is 32.2. The zero-order valence-corrected chi connectivity index (χ0v) is 18.6. The summed E-state index contributed by atoms with van der Waals surface area (Å²) in [4.78, 5) is 0.252. The minimum atomic E-state index is -3.72. The minimum absolute atomic E-state index is 0.0734. The van der Waals surface area contributed by atoms with E-state index < -0.39 is 16.1 Å². The molecule has 0 aliphatic carbocycles. The predicted molar refractivity (Wildman–Crippen MR) is 125 cm³/mol. The smallest absolute Gasteiger partial charge is 0.243 e. The standard InChI is InChI=1S/C26H23FN2O3S/c27-23-9-5-4-6-19(23)12-10-18-11-13-24-22(16-18)26-21(25(17-30)28-24)14-15-29(26)33(31,32)20-7-2-1-3-8-20/h1-9,11,13,16,21,25-26,28,30H,14-15,17H2/t21-,25-,26-/m1/s1. The molecule has 3 aromatic rings. The lowest BCUT2D eigenvalue weighted by Crippen LogP contribution is -2.42. The van der Waals surface area contributed by atoms with Gasteiger partial charge >= 0.3 is 0 Å². The molecule has 3 aromatic carbocycles. The molecule has 0 radical (unpaired) electrons. The number of nitrogens with one attached hydrogen (secondary N) is 1. The van der Waals surface area contributed by atoms with Crippen molar-refractivity contribution in [2.24, 2.45) is 5.92 Å². The Morgan fingerprint density at radius 1 is 1.03 bits per heavy atom. The Bertz CT molecular complexity index is 1350. The Morgan fingerprint density at radius 3 is 2.55 bits per heavy atom. The summed E-state index contributed by atoms with van der Waals surface area (Å²) in [5.41, 5.74) is 2.58. The highest BCUT2D eigenvalue weighted by Crippen LogP contribution is 2.48. The van der Waals surface area contributed by atoms with Crippen LogP contribution in [0.15, 0.2) is 77.7 Å². The van der Waals surface area contributed by atoms with Crippen LogP contribution in [0, 0.1) is 23.6 Å². The number of benzene rings is 3. The van der Waals surface area contributed by atoms with Crippen molar-refractivity contribution in [2.75, 3.05) is 18.5 Å². The van der Waals surface area contributed by atoms with Crippen molar-refractivity contribution in [2.45, 2.75) is 23.4 Å². The van der Waals surface area contributed by atoms with E-state index in [1.807, 2.05) is 18.2 Å². The van der Waals surface area contributed by atoms with Gasteiger partial charge in [-0.15, -0.1) is 0 Å². The molecule has 7 heteroatoms. The summed E-state index contributed by atoms with van der Waals surface area (Å²) in [7, 11) is -3.72. The van der Waals surface area contributed by atoms with Crippen molar-refractivity contribution < 1.29 is 17.9 Å². The van der Waals surface area contributed by atoms with Crippen molar-refractivity contribution in [1.29, 1.82) is 0 Å². The molecule has 1 saturated heterocycles. The van der Waals surface area contributed by atoms with E-state index in [4.69, 9.17) is 0 Å². The van der Waals surface area contributed by atoms with Crippen LogP contribution in [0.4, 0.5) is 10.1 Å². The molecule has 0 bridgehead atoms. The van der Waals surface area contributed by atoms with E-state index in [2.05, 4.69) is 17.2 Å². The number of aliphatic hydroxyl groups excluding tert-OH is 1. The largest absolute Gasteiger partial charge is 0.394 e. The zero-order chi connectivity index (χ0) is 23.0. The van der Waals surface area contributed by atoms with E-state index in [1.165, 1.54) is 6.07 Å². The van der Waals surface area contributed by atoms with Gasteiger partial charge in [-0.1, -0.05) is 42.2 Å². The molecule has 0 saturated carbocycles. The number of rotatable bonds is 3. The number of hydrogen-bond acceptors (Lipinski definition) is 4. The van der Waals surface area contributed by atoms with Gasteiger partial charge in [0, 0.05) is 23.7 Å². The van der Waals surface area contributed by atoms with Crippen molar-refractivity contribution in [1.82, 2.24) is 4.31 Å². The number of sulfonamides is 1. The first-order chi connectivity index (χ1) is 16.0. The molecule has 5 rings (SSSR count). The van der Waals surface area contributed by atoms with Gasteiger partial charge < -0.3 is 10.4 Å². The van der Waals surface area contributed by atoms with Crippen LogP contribution in [0.25, 0.3) is 0 Å². The molecule has 1 fully saturated rings. The van der Waals surface area contributed by atoms with Gasteiger partial charge in [-0.25, -0.2) is 12.8 Å². The predicted octanol–water partition coefficient (Wildman–Crippen LogP) is 3.76. The van der Waals surface area contributed by atoms with Gasteiger partial charge in [0.1, 0.15) is 5.82 Å². The SMILES string of the molecule is O=S(=O)(c1ccccc1)N1CC[C@@H]2[C@@H](CO)Nc3ccc(C#Cc4ccccc4F)cc3[C@@H]21. The van der Waals surface area contributed by atoms with Crippen molar-refractivity contribution in [3.63, 3.8) is 0 Å². The molecular formula is C26H23FN2O3S. The van der Waals surface area contributed by atoms with E-state index in [-0.39, 0.29) is 29.3 Å². The van der Waals surface area contributed by atoms with E-state index in [0.717, 1.165) is 11.3 Å². The van der Waals surface area contributed by atoms with Crippen LogP contribution >= 0.6 is 0 Å². The van der Waals surface area contributed by atoms with Gasteiger partial charge in [0.25, 0.3) is 0 Å².